The second kappa shape index (κ2) is 5.76. The van der Waals surface area contributed by atoms with E-state index >= 15 is 0 Å². The van der Waals surface area contributed by atoms with Gasteiger partial charge in [0, 0.05) is 11.8 Å². The lowest BCUT2D eigenvalue weighted by Crippen LogP contribution is -2.04. The molecule has 0 amide bonds. The number of nitriles is 1. The Bertz CT molecular complexity index is 690. The maximum atomic E-state index is 11.1. The van der Waals surface area contributed by atoms with Crippen molar-refractivity contribution < 1.29 is 14.6 Å². The molecule has 0 atom stereocenters. The van der Waals surface area contributed by atoms with Crippen LogP contribution in [0.2, 0.25) is 0 Å². The minimum absolute atomic E-state index is 0.0515. The third-order valence-electron chi connectivity index (χ3n) is 2.69. The molecule has 0 aliphatic heterocycles. The average Bonchev–Trinajstić information content (AvgIpc) is 2.45. The van der Waals surface area contributed by atoms with Gasteiger partial charge in [-0.2, -0.15) is 5.26 Å². The van der Waals surface area contributed by atoms with E-state index in [9.17, 15) is 4.79 Å². The molecule has 0 saturated heterocycles. The van der Waals surface area contributed by atoms with Crippen molar-refractivity contribution in [2.45, 2.75) is 6.61 Å². The standard InChI is InChI=1S/C15H12N2O3/c16-8-10-2-1-3-11(6-10)9-20-14-7-12(17)4-5-13(14)15(18)19/h1-7H,9,17H2,(H,18,19). The Kier molecular flexibility index (Phi) is 3.87. The Balaban J connectivity index is 2.20. The fraction of sp³-hybridized carbons (Fsp3) is 0.0667. The van der Waals surface area contributed by atoms with Gasteiger partial charge in [-0.05, 0) is 29.8 Å². The van der Waals surface area contributed by atoms with Crippen LogP contribution in [0, 0.1) is 11.3 Å². The highest BCUT2D eigenvalue weighted by Gasteiger charge is 2.11. The summed E-state index contributed by atoms with van der Waals surface area (Å²) in [4.78, 5) is 11.1. The quantitative estimate of drug-likeness (QED) is 0.830. The van der Waals surface area contributed by atoms with Gasteiger partial charge in [0.1, 0.15) is 17.9 Å². The van der Waals surface area contributed by atoms with Gasteiger partial charge in [-0.1, -0.05) is 12.1 Å². The molecule has 0 fully saturated rings. The molecule has 20 heavy (non-hydrogen) atoms. The molecule has 2 aromatic rings. The molecular formula is C15H12N2O3. The molecule has 0 radical (unpaired) electrons. The number of aromatic carboxylic acids is 1. The predicted octanol–water partition coefficient (Wildman–Crippen LogP) is 2.42. The second-order valence-corrected chi connectivity index (χ2v) is 4.16. The minimum Gasteiger partial charge on any atom is -0.488 e. The number of rotatable bonds is 4. The zero-order valence-electron chi connectivity index (χ0n) is 10.5. The first kappa shape index (κ1) is 13.4. The first-order valence-electron chi connectivity index (χ1n) is 5.85. The first-order valence-corrected chi connectivity index (χ1v) is 5.85. The molecule has 0 spiro atoms. The van der Waals surface area contributed by atoms with E-state index < -0.39 is 5.97 Å². The van der Waals surface area contributed by atoms with Crippen molar-refractivity contribution in [2.24, 2.45) is 0 Å². The van der Waals surface area contributed by atoms with Crippen molar-refractivity contribution in [3.63, 3.8) is 0 Å². The van der Waals surface area contributed by atoms with Crippen molar-refractivity contribution >= 4 is 11.7 Å². The van der Waals surface area contributed by atoms with Gasteiger partial charge in [0.15, 0.2) is 0 Å². The molecule has 5 nitrogen and oxygen atoms in total. The molecular weight excluding hydrogens is 256 g/mol. The Morgan fingerprint density at radius 2 is 2.10 bits per heavy atom. The molecule has 0 aliphatic carbocycles. The number of benzene rings is 2. The number of nitrogens with two attached hydrogens (primary N) is 1. The highest BCUT2D eigenvalue weighted by atomic mass is 16.5. The number of ether oxygens (including phenoxy) is 1. The largest absolute Gasteiger partial charge is 0.488 e. The minimum atomic E-state index is -1.08. The smallest absolute Gasteiger partial charge is 0.339 e. The van der Waals surface area contributed by atoms with E-state index in [1.807, 2.05) is 6.07 Å². The van der Waals surface area contributed by atoms with Crippen LogP contribution in [0.25, 0.3) is 0 Å². The molecule has 5 heteroatoms. The van der Waals surface area contributed by atoms with Crippen LogP contribution in [-0.2, 0) is 6.61 Å². The summed E-state index contributed by atoms with van der Waals surface area (Å²) < 4.78 is 5.49. The van der Waals surface area contributed by atoms with E-state index in [1.54, 1.807) is 24.3 Å². The summed E-state index contributed by atoms with van der Waals surface area (Å²) in [5.74, 6) is -0.870. The molecule has 2 aromatic carbocycles. The lowest BCUT2D eigenvalue weighted by molar-refractivity contribution is 0.0692. The molecule has 0 aromatic heterocycles. The molecule has 100 valence electrons. The SMILES string of the molecule is N#Cc1cccc(COc2cc(N)ccc2C(=O)O)c1. The predicted molar refractivity (Wildman–Crippen MR) is 73.3 cm³/mol. The van der Waals surface area contributed by atoms with Gasteiger partial charge in [0.05, 0.1) is 11.6 Å². The van der Waals surface area contributed by atoms with Gasteiger partial charge in [0.2, 0.25) is 0 Å². The van der Waals surface area contributed by atoms with Gasteiger partial charge >= 0.3 is 5.97 Å². The molecule has 2 rings (SSSR count). The van der Waals surface area contributed by atoms with E-state index in [1.165, 1.54) is 18.2 Å². The molecule has 0 unspecified atom stereocenters. The summed E-state index contributed by atoms with van der Waals surface area (Å²) in [5.41, 5.74) is 7.41. The van der Waals surface area contributed by atoms with Crippen LogP contribution in [0.3, 0.4) is 0 Å². The van der Waals surface area contributed by atoms with Crippen LogP contribution in [0.4, 0.5) is 5.69 Å². The van der Waals surface area contributed by atoms with E-state index in [2.05, 4.69) is 0 Å². The third kappa shape index (κ3) is 3.06. The first-order chi connectivity index (χ1) is 9.60. The lowest BCUT2D eigenvalue weighted by Gasteiger charge is -2.10. The van der Waals surface area contributed by atoms with E-state index in [0.29, 0.717) is 11.3 Å². The Morgan fingerprint density at radius 1 is 1.30 bits per heavy atom. The number of hydrogen-bond donors (Lipinski definition) is 2. The van der Waals surface area contributed by atoms with Crippen LogP contribution in [0.5, 0.6) is 5.75 Å². The zero-order chi connectivity index (χ0) is 14.5. The van der Waals surface area contributed by atoms with E-state index in [-0.39, 0.29) is 17.9 Å². The topological polar surface area (TPSA) is 96.3 Å². The van der Waals surface area contributed by atoms with Crippen molar-refractivity contribution in [3.05, 3.63) is 59.2 Å². The fourth-order valence-corrected chi connectivity index (χ4v) is 1.73. The second-order valence-electron chi connectivity index (χ2n) is 4.16. The highest BCUT2D eigenvalue weighted by Crippen LogP contribution is 2.23. The summed E-state index contributed by atoms with van der Waals surface area (Å²) in [6.45, 7) is 0.166. The number of anilines is 1. The summed E-state index contributed by atoms with van der Waals surface area (Å²) in [6, 6.07) is 13.3. The van der Waals surface area contributed by atoms with Gasteiger partial charge in [-0.15, -0.1) is 0 Å². The highest BCUT2D eigenvalue weighted by molar-refractivity contribution is 5.91. The van der Waals surface area contributed by atoms with Crippen LogP contribution in [0.15, 0.2) is 42.5 Å². The van der Waals surface area contributed by atoms with Crippen molar-refractivity contribution in [1.82, 2.24) is 0 Å². The van der Waals surface area contributed by atoms with Crippen molar-refractivity contribution in [3.8, 4) is 11.8 Å². The maximum absolute atomic E-state index is 11.1. The van der Waals surface area contributed by atoms with Crippen LogP contribution >= 0.6 is 0 Å². The molecule has 0 aliphatic rings. The fourth-order valence-electron chi connectivity index (χ4n) is 1.73. The third-order valence-corrected chi connectivity index (χ3v) is 2.69. The zero-order valence-corrected chi connectivity index (χ0v) is 10.5. The summed E-state index contributed by atoms with van der Waals surface area (Å²) >= 11 is 0. The Labute approximate surface area is 115 Å². The van der Waals surface area contributed by atoms with E-state index in [0.717, 1.165) is 5.56 Å². The van der Waals surface area contributed by atoms with Crippen LogP contribution in [-0.4, -0.2) is 11.1 Å². The number of nitrogen functional groups attached to an aromatic ring is 1. The summed E-state index contributed by atoms with van der Waals surface area (Å²) in [5, 5.41) is 17.9. The Hall–Kier alpha value is -3.00. The molecule has 0 heterocycles. The number of carboxylic acid groups (broad SMARTS) is 1. The number of carboxylic acids is 1. The molecule has 0 bridgehead atoms. The number of nitrogens with zero attached hydrogens (tertiary/aromatic N) is 1. The maximum Gasteiger partial charge on any atom is 0.339 e. The lowest BCUT2D eigenvalue weighted by atomic mass is 10.1. The summed E-state index contributed by atoms with van der Waals surface area (Å²) in [6.07, 6.45) is 0. The van der Waals surface area contributed by atoms with Crippen LogP contribution in [0.1, 0.15) is 21.5 Å². The van der Waals surface area contributed by atoms with Crippen molar-refractivity contribution in [1.29, 1.82) is 5.26 Å². The summed E-state index contributed by atoms with van der Waals surface area (Å²) in [7, 11) is 0. The van der Waals surface area contributed by atoms with Gasteiger partial charge in [-0.25, -0.2) is 4.79 Å². The van der Waals surface area contributed by atoms with Gasteiger partial charge in [0.25, 0.3) is 0 Å². The van der Waals surface area contributed by atoms with Gasteiger partial charge < -0.3 is 15.6 Å². The molecule has 3 N–H and O–H groups in total. The molecule has 0 saturated carbocycles. The van der Waals surface area contributed by atoms with Crippen LogP contribution < -0.4 is 10.5 Å². The number of carbonyl (C=O) groups is 1. The van der Waals surface area contributed by atoms with Crippen molar-refractivity contribution in [2.75, 3.05) is 5.73 Å². The number of hydrogen-bond acceptors (Lipinski definition) is 4. The average molecular weight is 268 g/mol. The van der Waals surface area contributed by atoms with Gasteiger partial charge in [-0.3, -0.25) is 0 Å². The van der Waals surface area contributed by atoms with E-state index in [4.69, 9.17) is 20.8 Å². The Morgan fingerprint density at radius 3 is 2.80 bits per heavy atom. The normalized spacial score (nSPS) is 9.75. The monoisotopic (exact) mass is 268 g/mol.